The first kappa shape index (κ1) is 17.1. The summed E-state index contributed by atoms with van der Waals surface area (Å²) in [6, 6.07) is 10.1. The van der Waals surface area contributed by atoms with Gasteiger partial charge in [-0.2, -0.15) is 0 Å². The van der Waals surface area contributed by atoms with Gasteiger partial charge >= 0.3 is 0 Å². The monoisotopic (exact) mass is 353 g/mol. The van der Waals surface area contributed by atoms with Gasteiger partial charge in [0.15, 0.2) is 0 Å². The van der Waals surface area contributed by atoms with Gasteiger partial charge in [0.2, 0.25) is 0 Å². The van der Waals surface area contributed by atoms with Crippen LogP contribution in [0.5, 0.6) is 0 Å². The third-order valence-electron chi connectivity index (χ3n) is 4.89. The maximum absolute atomic E-state index is 12.6. The minimum absolute atomic E-state index is 0.0196. The second-order valence-electron chi connectivity index (χ2n) is 6.58. The molecule has 6 nitrogen and oxygen atoms in total. The van der Waals surface area contributed by atoms with Gasteiger partial charge in [-0.05, 0) is 23.8 Å². The van der Waals surface area contributed by atoms with Gasteiger partial charge in [-0.1, -0.05) is 12.1 Å². The van der Waals surface area contributed by atoms with Crippen LogP contribution in [0.15, 0.2) is 42.7 Å². The highest BCUT2D eigenvalue weighted by molar-refractivity contribution is 5.96. The van der Waals surface area contributed by atoms with Crippen molar-refractivity contribution < 1.29 is 14.3 Å². The molecular formula is C20H23N3O3. The molecule has 0 radical (unpaired) electrons. The van der Waals surface area contributed by atoms with E-state index in [0.717, 1.165) is 55.2 Å². The molecule has 0 bridgehead atoms. The maximum atomic E-state index is 12.6. The number of fused-ring (bicyclic) bond motifs is 1. The SMILES string of the molecule is O=C1COCc2cc(-c3cccnc3)ccc2N1CCN1CCOCC1. The summed E-state index contributed by atoms with van der Waals surface area (Å²) in [5.41, 5.74) is 4.14. The molecule has 1 aromatic heterocycles. The molecule has 6 heteroatoms. The number of nitrogens with zero attached hydrogens (tertiary/aromatic N) is 3. The van der Waals surface area contributed by atoms with Gasteiger partial charge in [0, 0.05) is 55.4 Å². The molecule has 0 unspecified atom stereocenters. The van der Waals surface area contributed by atoms with Crippen LogP contribution in [0.25, 0.3) is 11.1 Å². The van der Waals surface area contributed by atoms with Crippen LogP contribution in [0.3, 0.4) is 0 Å². The van der Waals surface area contributed by atoms with Crippen LogP contribution in [0, 0.1) is 0 Å². The number of carbonyl (C=O) groups is 1. The molecule has 0 aliphatic carbocycles. The summed E-state index contributed by atoms with van der Waals surface area (Å²) in [7, 11) is 0. The van der Waals surface area contributed by atoms with Crippen LogP contribution in [0.2, 0.25) is 0 Å². The predicted octanol–water partition coefficient (Wildman–Crippen LogP) is 1.94. The van der Waals surface area contributed by atoms with Crippen molar-refractivity contribution in [3.05, 3.63) is 48.3 Å². The molecule has 26 heavy (non-hydrogen) atoms. The van der Waals surface area contributed by atoms with Gasteiger partial charge in [-0.25, -0.2) is 0 Å². The van der Waals surface area contributed by atoms with E-state index < -0.39 is 0 Å². The quantitative estimate of drug-likeness (QED) is 0.841. The van der Waals surface area contributed by atoms with E-state index in [-0.39, 0.29) is 12.5 Å². The molecular weight excluding hydrogens is 330 g/mol. The van der Waals surface area contributed by atoms with Crippen LogP contribution in [-0.2, 0) is 20.9 Å². The van der Waals surface area contributed by atoms with Gasteiger partial charge in [0.25, 0.3) is 5.91 Å². The molecule has 0 N–H and O–H groups in total. The first-order valence-electron chi connectivity index (χ1n) is 9.03. The minimum Gasteiger partial charge on any atom is -0.379 e. The number of anilines is 1. The van der Waals surface area contributed by atoms with Gasteiger partial charge in [0.05, 0.1) is 19.8 Å². The molecule has 1 aromatic carbocycles. The van der Waals surface area contributed by atoms with E-state index in [1.807, 2.05) is 29.3 Å². The Kier molecular flexibility index (Phi) is 5.24. The average molecular weight is 353 g/mol. The molecule has 2 aliphatic rings. The van der Waals surface area contributed by atoms with E-state index in [9.17, 15) is 4.79 Å². The molecule has 1 saturated heterocycles. The van der Waals surface area contributed by atoms with Crippen molar-refractivity contribution >= 4 is 11.6 Å². The number of ether oxygens (including phenoxy) is 2. The van der Waals surface area contributed by atoms with Gasteiger partial charge in [-0.3, -0.25) is 14.7 Å². The number of benzene rings is 1. The Morgan fingerprint density at radius 1 is 1.00 bits per heavy atom. The Bertz CT molecular complexity index is 760. The number of rotatable bonds is 4. The Hall–Kier alpha value is -2.28. The lowest BCUT2D eigenvalue weighted by atomic mass is 10.0. The smallest absolute Gasteiger partial charge is 0.253 e. The average Bonchev–Trinajstić information content (AvgIpc) is 2.85. The number of pyridine rings is 1. The van der Waals surface area contributed by atoms with Gasteiger partial charge in [-0.15, -0.1) is 0 Å². The number of hydrogen-bond acceptors (Lipinski definition) is 5. The number of hydrogen-bond donors (Lipinski definition) is 0. The van der Waals surface area contributed by atoms with Crippen molar-refractivity contribution in [2.45, 2.75) is 6.61 Å². The normalized spacial score (nSPS) is 18.5. The number of amides is 1. The molecule has 1 fully saturated rings. The van der Waals surface area contributed by atoms with Crippen molar-refractivity contribution in [1.82, 2.24) is 9.88 Å². The Morgan fingerprint density at radius 2 is 1.88 bits per heavy atom. The highest BCUT2D eigenvalue weighted by Crippen LogP contribution is 2.29. The number of aromatic nitrogens is 1. The van der Waals surface area contributed by atoms with E-state index >= 15 is 0 Å². The van der Waals surface area contributed by atoms with Crippen molar-refractivity contribution in [3.8, 4) is 11.1 Å². The minimum atomic E-state index is 0.0196. The van der Waals surface area contributed by atoms with Crippen molar-refractivity contribution in [2.75, 3.05) is 50.9 Å². The summed E-state index contributed by atoms with van der Waals surface area (Å²) < 4.78 is 11.0. The summed E-state index contributed by atoms with van der Waals surface area (Å²) in [6.07, 6.45) is 3.61. The van der Waals surface area contributed by atoms with Gasteiger partial charge < -0.3 is 14.4 Å². The molecule has 1 amide bonds. The Balaban J connectivity index is 1.56. The second-order valence-corrected chi connectivity index (χ2v) is 6.58. The molecule has 2 aliphatic heterocycles. The van der Waals surface area contributed by atoms with Crippen LogP contribution in [-0.4, -0.2) is 61.8 Å². The first-order valence-corrected chi connectivity index (χ1v) is 9.03. The fourth-order valence-corrected chi connectivity index (χ4v) is 3.45. The van der Waals surface area contributed by atoms with Crippen LogP contribution >= 0.6 is 0 Å². The molecule has 0 spiro atoms. The fourth-order valence-electron chi connectivity index (χ4n) is 3.45. The second kappa shape index (κ2) is 7.95. The molecule has 0 saturated carbocycles. The van der Waals surface area contributed by atoms with E-state index in [1.165, 1.54) is 0 Å². The summed E-state index contributed by atoms with van der Waals surface area (Å²) in [4.78, 5) is 20.9. The Labute approximate surface area is 153 Å². The number of morpholine rings is 1. The standard InChI is InChI=1S/C20H23N3O3/c24-20-15-26-14-18-12-16(17-2-1-5-21-13-17)3-4-19(18)23(20)7-6-22-8-10-25-11-9-22/h1-5,12-13H,6-11,14-15H2. The van der Waals surface area contributed by atoms with Crippen LogP contribution in [0.1, 0.15) is 5.56 Å². The first-order chi connectivity index (χ1) is 12.8. The topological polar surface area (TPSA) is 54.9 Å². The Morgan fingerprint density at radius 3 is 2.69 bits per heavy atom. The zero-order valence-electron chi connectivity index (χ0n) is 14.8. The van der Waals surface area contributed by atoms with E-state index in [1.54, 1.807) is 6.20 Å². The molecule has 136 valence electrons. The van der Waals surface area contributed by atoms with Crippen LogP contribution < -0.4 is 4.90 Å². The third-order valence-corrected chi connectivity index (χ3v) is 4.89. The number of carbonyl (C=O) groups excluding carboxylic acids is 1. The lowest BCUT2D eigenvalue weighted by Crippen LogP contribution is -2.43. The highest BCUT2D eigenvalue weighted by atomic mass is 16.5. The predicted molar refractivity (Wildman–Crippen MR) is 98.9 cm³/mol. The zero-order valence-corrected chi connectivity index (χ0v) is 14.8. The summed E-state index contributed by atoms with van der Waals surface area (Å²) >= 11 is 0. The fraction of sp³-hybridized carbons (Fsp3) is 0.400. The largest absolute Gasteiger partial charge is 0.379 e. The van der Waals surface area contributed by atoms with Crippen molar-refractivity contribution in [3.63, 3.8) is 0 Å². The molecule has 0 atom stereocenters. The van der Waals surface area contributed by atoms with E-state index in [0.29, 0.717) is 13.2 Å². The third kappa shape index (κ3) is 3.77. The summed E-state index contributed by atoms with van der Waals surface area (Å²) in [5.74, 6) is 0.0196. The zero-order chi connectivity index (χ0) is 17.8. The van der Waals surface area contributed by atoms with Crippen molar-refractivity contribution in [1.29, 1.82) is 0 Å². The van der Waals surface area contributed by atoms with Crippen molar-refractivity contribution in [2.24, 2.45) is 0 Å². The lowest BCUT2D eigenvalue weighted by Gasteiger charge is -2.30. The molecule has 2 aromatic rings. The summed E-state index contributed by atoms with van der Waals surface area (Å²) in [5, 5.41) is 0. The van der Waals surface area contributed by atoms with Crippen LogP contribution in [0.4, 0.5) is 5.69 Å². The van der Waals surface area contributed by atoms with Gasteiger partial charge in [0.1, 0.15) is 6.61 Å². The summed E-state index contributed by atoms with van der Waals surface area (Å²) in [6.45, 7) is 5.46. The molecule has 4 rings (SSSR count). The van der Waals surface area contributed by atoms with E-state index in [2.05, 4.69) is 22.0 Å². The maximum Gasteiger partial charge on any atom is 0.253 e. The van der Waals surface area contributed by atoms with E-state index in [4.69, 9.17) is 9.47 Å². The lowest BCUT2D eigenvalue weighted by molar-refractivity contribution is -0.123. The highest BCUT2D eigenvalue weighted by Gasteiger charge is 2.24. The molecule has 3 heterocycles.